The highest BCUT2D eigenvalue weighted by Gasteiger charge is 2.12. The van der Waals surface area contributed by atoms with Crippen molar-refractivity contribution in [2.75, 3.05) is 10.6 Å². The average Bonchev–Trinajstić information content (AvgIpc) is 2.59. The highest BCUT2D eigenvalue weighted by Crippen LogP contribution is 2.21. The number of nitrogens with one attached hydrogen (secondary N) is 3. The SMILES string of the molecule is CCCCC(=O)Nc1cccc(NC(=S)NC(=O)c2ccc(Cl)cc2Cl)c1. The number of benzene rings is 2. The Morgan fingerprint density at radius 1 is 1.04 bits per heavy atom. The lowest BCUT2D eigenvalue weighted by Crippen LogP contribution is -2.34. The van der Waals surface area contributed by atoms with Crippen LogP contribution in [0.25, 0.3) is 0 Å². The molecule has 0 aliphatic carbocycles. The van der Waals surface area contributed by atoms with Gasteiger partial charge in [0.15, 0.2) is 5.11 Å². The Kier molecular flexibility index (Phi) is 8.03. The van der Waals surface area contributed by atoms with E-state index >= 15 is 0 Å². The second kappa shape index (κ2) is 10.3. The highest BCUT2D eigenvalue weighted by atomic mass is 35.5. The monoisotopic (exact) mass is 423 g/mol. The van der Waals surface area contributed by atoms with Gasteiger partial charge < -0.3 is 10.6 Å². The molecule has 2 rings (SSSR count). The number of amides is 2. The standard InChI is InChI=1S/C19H19Cl2N3O2S/c1-2-3-7-17(25)22-13-5-4-6-14(11-13)23-19(27)24-18(26)15-9-8-12(20)10-16(15)21/h4-6,8-11H,2-3,7H2,1H3,(H,22,25)(H2,23,24,26,27). The normalized spacial score (nSPS) is 10.2. The van der Waals surface area contributed by atoms with Crippen LogP contribution < -0.4 is 16.0 Å². The van der Waals surface area contributed by atoms with Crippen LogP contribution in [0.2, 0.25) is 10.0 Å². The van der Waals surface area contributed by atoms with Gasteiger partial charge in [-0.1, -0.05) is 42.6 Å². The molecule has 0 heterocycles. The molecule has 0 unspecified atom stereocenters. The zero-order chi connectivity index (χ0) is 19.8. The van der Waals surface area contributed by atoms with Crippen molar-refractivity contribution in [1.82, 2.24) is 5.32 Å². The molecule has 142 valence electrons. The fourth-order valence-corrected chi connectivity index (χ4v) is 2.95. The minimum absolute atomic E-state index is 0.0396. The summed E-state index contributed by atoms with van der Waals surface area (Å²) in [6.45, 7) is 2.03. The van der Waals surface area contributed by atoms with E-state index in [4.69, 9.17) is 35.4 Å². The minimum Gasteiger partial charge on any atom is -0.332 e. The largest absolute Gasteiger partial charge is 0.332 e. The Hall–Kier alpha value is -2.15. The smallest absolute Gasteiger partial charge is 0.258 e. The molecule has 0 aliphatic rings. The summed E-state index contributed by atoms with van der Waals surface area (Å²) in [4.78, 5) is 24.1. The Morgan fingerprint density at radius 3 is 2.41 bits per heavy atom. The topological polar surface area (TPSA) is 70.2 Å². The van der Waals surface area contributed by atoms with Gasteiger partial charge in [-0.15, -0.1) is 0 Å². The van der Waals surface area contributed by atoms with Crippen LogP contribution in [0.5, 0.6) is 0 Å². The lowest BCUT2D eigenvalue weighted by molar-refractivity contribution is -0.116. The highest BCUT2D eigenvalue weighted by molar-refractivity contribution is 7.80. The summed E-state index contributed by atoms with van der Waals surface area (Å²) in [6.07, 6.45) is 2.28. The van der Waals surface area contributed by atoms with Crippen molar-refractivity contribution in [2.45, 2.75) is 26.2 Å². The zero-order valence-corrected chi connectivity index (χ0v) is 17.0. The first-order valence-electron chi connectivity index (χ1n) is 8.36. The zero-order valence-electron chi connectivity index (χ0n) is 14.6. The molecule has 0 aromatic heterocycles. The molecule has 2 aromatic rings. The summed E-state index contributed by atoms with van der Waals surface area (Å²) >= 11 is 17.0. The third kappa shape index (κ3) is 6.82. The predicted octanol–water partition coefficient (Wildman–Crippen LogP) is 5.25. The number of hydrogen-bond acceptors (Lipinski definition) is 3. The minimum atomic E-state index is -0.446. The third-order valence-electron chi connectivity index (χ3n) is 3.56. The summed E-state index contributed by atoms with van der Waals surface area (Å²) in [5.74, 6) is -0.486. The molecule has 8 heteroatoms. The van der Waals surface area contributed by atoms with Crippen molar-refractivity contribution < 1.29 is 9.59 Å². The lowest BCUT2D eigenvalue weighted by Gasteiger charge is -2.12. The van der Waals surface area contributed by atoms with Crippen molar-refractivity contribution in [1.29, 1.82) is 0 Å². The molecule has 0 bridgehead atoms. The van der Waals surface area contributed by atoms with Crippen molar-refractivity contribution in [3.05, 3.63) is 58.1 Å². The van der Waals surface area contributed by atoms with Crippen LogP contribution in [-0.2, 0) is 4.79 Å². The van der Waals surface area contributed by atoms with Crippen molar-refractivity contribution in [2.24, 2.45) is 0 Å². The summed E-state index contributed by atoms with van der Waals surface area (Å²) in [7, 11) is 0. The van der Waals surface area contributed by atoms with Crippen LogP contribution in [0.3, 0.4) is 0 Å². The molecule has 0 saturated heterocycles. The van der Waals surface area contributed by atoms with E-state index in [0.717, 1.165) is 12.8 Å². The fourth-order valence-electron chi connectivity index (χ4n) is 2.24. The van der Waals surface area contributed by atoms with Crippen LogP contribution in [-0.4, -0.2) is 16.9 Å². The van der Waals surface area contributed by atoms with Gasteiger partial charge in [0.05, 0.1) is 10.6 Å². The summed E-state index contributed by atoms with van der Waals surface area (Å²) < 4.78 is 0. The van der Waals surface area contributed by atoms with Crippen LogP contribution in [0.1, 0.15) is 36.5 Å². The number of carbonyl (C=O) groups excluding carboxylic acids is 2. The second-order valence-corrected chi connectivity index (χ2v) is 7.02. The fraction of sp³-hybridized carbons (Fsp3) is 0.211. The quantitative estimate of drug-likeness (QED) is 0.554. The molecule has 2 aromatic carbocycles. The molecule has 27 heavy (non-hydrogen) atoms. The number of carbonyl (C=O) groups is 2. The third-order valence-corrected chi connectivity index (χ3v) is 4.32. The molecule has 3 N–H and O–H groups in total. The summed E-state index contributed by atoms with van der Waals surface area (Å²) in [5.41, 5.74) is 1.55. The van der Waals surface area contributed by atoms with Crippen molar-refractivity contribution in [3.63, 3.8) is 0 Å². The lowest BCUT2D eigenvalue weighted by atomic mass is 10.2. The van der Waals surface area contributed by atoms with Gasteiger partial charge in [-0.05, 0) is 55.0 Å². The van der Waals surface area contributed by atoms with Crippen LogP contribution in [0, 0.1) is 0 Å². The van der Waals surface area contributed by atoms with E-state index < -0.39 is 5.91 Å². The summed E-state index contributed by atoms with van der Waals surface area (Å²) in [6, 6.07) is 11.6. The van der Waals surface area contributed by atoms with Crippen LogP contribution in [0.4, 0.5) is 11.4 Å². The van der Waals surface area contributed by atoms with Gasteiger partial charge >= 0.3 is 0 Å². The van der Waals surface area contributed by atoms with E-state index in [0.29, 0.717) is 22.8 Å². The molecule has 0 atom stereocenters. The van der Waals surface area contributed by atoms with Gasteiger partial charge in [0.2, 0.25) is 5.91 Å². The Labute approximate surface area is 173 Å². The van der Waals surface area contributed by atoms with Gasteiger partial charge in [-0.2, -0.15) is 0 Å². The molecule has 0 fully saturated rings. The van der Waals surface area contributed by atoms with E-state index in [-0.39, 0.29) is 21.6 Å². The van der Waals surface area contributed by atoms with Crippen molar-refractivity contribution >= 4 is 63.7 Å². The maximum atomic E-state index is 12.3. The van der Waals surface area contributed by atoms with Gasteiger partial charge in [-0.25, -0.2) is 0 Å². The van der Waals surface area contributed by atoms with Gasteiger partial charge in [0.1, 0.15) is 0 Å². The van der Waals surface area contributed by atoms with Crippen LogP contribution >= 0.6 is 35.4 Å². The Morgan fingerprint density at radius 2 is 1.74 bits per heavy atom. The number of hydrogen-bond donors (Lipinski definition) is 3. The molecule has 5 nitrogen and oxygen atoms in total. The first kappa shape index (κ1) is 21.2. The molecular formula is C19H19Cl2N3O2S. The van der Waals surface area contributed by atoms with E-state index in [2.05, 4.69) is 16.0 Å². The van der Waals surface area contributed by atoms with Gasteiger partial charge in [0, 0.05) is 22.8 Å². The van der Waals surface area contributed by atoms with Crippen LogP contribution in [0.15, 0.2) is 42.5 Å². The average molecular weight is 424 g/mol. The van der Waals surface area contributed by atoms with Crippen molar-refractivity contribution in [3.8, 4) is 0 Å². The second-order valence-electron chi connectivity index (χ2n) is 5.76. The Bertz CT molecular complexity index is 859. The molecular weight excluding hydrogens is 405 g/mol. The predicted molar refractivity (Wildman–Crippen MR) is 115 cm³/mol. The maximum Gasteiger partial charge on any atom is 0.258 e. The number of halogens is 2. The number of anilines is 2. The van der Waals surface area contributed by atoms with E-state index in [1.165, 1.54) is 12.1 Å². The van der Waals surface area contributed by atoms with E-state index in [1.807, 2.05) is 6.92 Å². The molecule has 0 radical (unpaired) electrons. The maximum absolute atomic E-state index is 12.3. The molecule has 0 aliphatic heterocycles. The van der Waals surface area contributed by atoms with Gasteiger partial charge in [0.25, 0.3) is 5.91 Å². The molecule has 0 spiro atoms. The van der Waals surface area contributed by atoms with E-state index in [9.17, 15) is 9.59 Å². The summed E-state index contributed by atoms with van der Waals surface area (Å²) in [5, 5.41) is 9.09. The first-order chi connectivity index (χ1) is 12.9. The molecule has 2 amide bonds. The number of rotatable bonds is 6. The van der Waals surface area contributed by atoms with E-state index in [1.54, 1.807) is 30.3 Å². The van der Waals surface area contributed by atoms with Gasteiger partial charge in [-0.3, -0.25) is 14.9 Å². The first-order valence-corrected chi connectivity index (χ1v) is 9.52. The molecule has 0 saturated carbocycles. The number of thiocarbonyl (C=S) groups is 1. The number of unbranched alkanes of at least 4 members (excludes halogenated alkanes) is 1. The Balaban J connectivity index is 1.96.